The monoisotopic (exact) mass is 238 g/mol. The lowest BCUT2D eigenvalue weighted by atomic mass is 10.1. The number of aromatic nitrogens is 1. The number of para-hydroxylation sites is 1. The average molecular weight is 238 g/mol. The largest absolute Gasteiger partial charge is 0.368 e. The van der Waals surface area contributed by atoms with Crippen molar-refractivity contribution in [3.05, 3.63) is 59.9 Å². The average Bonchev–Trinajstić information content (AvgIpc) is 2.73. The molecule has 0 bridgehead atoms. The highest BCUT2D eigenvalue weighted by Crippen LogP contribution is 2.31. The fourth-order valence-corrected chi connectivity index (χ4v) is 2.77. The summed E-state index contributed by atoms with van der Waals surface area (Å²) in [6, 6.07) is 13.6. The zero-order valence-corrected chi connectivity index (χ0v) is 10.7. The van der Waals surface area contributed by atoms with E-state index in [4.69, 9.17) is 0 Å². The molecule has 2 heterocycles. The maximum Gasteiger partial charge on any atom is 0.0402 e. The Morgan fingerprint density at radius 2 is 1.94 bits per heavy atom. The summed E-state index contributed by atoms with van der Waals surface area (Å²) in [5, 5.41) is 0. The second-order valence-corrected chi connectivity index (χ2v) is 4.98. The van der Waals surface area contributed by atoms with Gasteiger partial charge in [-0.2, -0.15) is 0 Å². The number of benzene rings is 1. The minimum Gasteiger partial charge on any atom is -0.368 e. The fourth-order valence-electron chi connectivity index (χ4n) is 2.77. The van der Waals surface area contributed by atoms with Crippen molar-refractivity contribution in [2.45, 2.75) is 25.8 Å². The van der Waals surface area contributed by atoms with Crippen molar-refractivity contribution in [1.82, 2.24) is 4.98 Å². The molecule has 0 spiro atoms. The number of fused-ring (bicyclic) bond motifs is 1. The summed E-state index contributed by atoms with van der Waals surface area (Å²) in [4.78, 5) is 6.59. The van der Waals surface area contributed by atoms with E-state index in [1.165, 1.54) is 23.2 Å². The highest BCUT2D eigenvalue weighted by Gasteiger charge is 2.24. The quantitative estimate of drug-likeness (QED) is 0.817. The van der Waals surface area contributed by atoms with Crippen LogP contribution in [0.25, 0.3) is 0 Å². The van der Waals surface area contributed by atoms with Gasteiger partial charge in [-0.3, -0.25) is 4.98 Å². The molecule has 2 aromatic rings. The van der Waals surface area contributed by atoms with Crippen LogP contribution in [0.2, 0.25) is 0 Å². The third-order valence-electron chi connectivity index (χ3n) is 3.74. The highest BCUT2D eigenvalue weighted by atomic mass is 15.2. The third-order valence-corrected chi connectivity index (χ3v) is 3.74. The van der Waals surface area contributed by atoms with Gasteiger partial charge in [0.15, 0.2) is 0 Å². The van der Waals surface area contributed by atoms with Gasteiger partial charge in [-0.15, -0.1) is 0 Å². The molecule has 2 heteroatoms. The second-order valence-electron chi connectivity index (χ2n) is 4.98. The van der Waals surface area contributed by atoms with Crippen molar-refractivity contribution >= 4 is 5.69 Å². The number of hydrogen-bond acceptors (Lipinski definition) is 2. The smallest absolute Gasteiger partial charge is 0.0402 e. The second kappa shape index (κ2) is 4.81. The molecule has 0 N–H and O–H groups in total. The Balaban J connectivity index is 1.74. The first-order valence-electron chi connectivity index (χ1n) is 6.58. The molecule has 1 aliphatic heterocycles. The molecule has 0 saturated heterocycles. The van der Waals surface area contributed by atoms with Crippen LogP contribution in [-0.4, -0.2) is 17.6 Å². The standard InChI is InChI=1S/C16H18N2/c1-13-12-15-4-2-3-5-16(15)18(13)11-8-14-6-9-17-10-7-14/h2-7,9-10,13H,8,11-12H2,1H3. The predicted molar refractivity (Wildman–Crippen MR) is 74.9 cm³/mol. The van der Waals surface area contributed by atoms with Gasteiger partial charge in [0.1, 0.15) is 0 Å². The van der Waals surface area contributed by atoms with Crippen molar-refractivity contribution in [3.8, 4) is 0 Å². The van der Waals surface area contributed by atoms with Gasteiger partial charge >= 0.3 is 0 Å². The minimum atomic E-state index is 0.615. The van der Waals surface area contributed by atoms with E-state index in [0.717, 1.165) is 13.0 Å². The summed E-state index contributed by atoms with van der Waals surface area (Å²) in [5.74, 6) is 0. The van der Waals surface area contributed by atoms with E-state index in [9.17, 15) is 0 Å². The molecule has 1 atom stereocenters. The SMILES string of the molecule is CC1Cc2ccccc2N1CCc1ccncc1. The fraction of sp³-hybridized carbons (Fsp3) is 0.312. The van der Waals surface area contributed by atoms with E-state index < -0.39 is 0 Å². The van der Waals surface area contributed by atoms with Crippen molar-refractivity contribution < 1.29 is 0 Å². The Morgan fingerprint density at radius 1 is 1.17 bits per heavy atom. The summed E-state index contributed by atoms with van der Waals surface area (Å²) >= 11 is 0. The van der Waals surface area contributed by atoms with Gasteiger partial charge < -0.3 is 4.90 Å². The number of nitrogens with zero attached hydrogens (tertiary/aromatic N) is 2. The molecule has 0 fully saturated rings. The highest BCUT2D eigenvalue weighted by molar-refractivity contribution is 5.59. The van der Waals surface area contributed by atoms with Crippen molar-refractivity contribution in [1.29, 1.82) is 0 Å². The zero-order valence-electron chi connectivity index (χ0n) is 10.7. The van der Waals surface area contributed by atoms with Crippen LogP contribution in [0, 0.1) is 0 Å². The van der Waals surface area contributed by atoms with Gasteiger partial charge in [-0.25, -0.2) is 0 Å². The molecule has 0 saturated carbocycles. The number of hydrogen-bond donors (Lipinski definition) is 0. The Hall–Kier alpha value is -1.83. The maximum absolute atomic E-state index is 4.06. The third kappa shape index (κ3) is 2.10. The van der Waals surface area contributed by atoms with Gasteiger partial charge in [-0.05, 0) is 49.1 Å². The molecule has 0 radical (unpaired) electrons. The molecule has 1 aromatic carbocycles. The van der Waals surface area contributed by atoms with Crippen LogP contribution < -0.4 is 4.90 Å². The van der Waals surface area contributed by atoms with Crippen LogP contribution in [0.5, 0.6) is 0 Å². The van der Waals surface area contributed by atoms with Gasteiger partial charge in [0.2, 0.25) is 0 Å². The summed E-state index contributed by atoms with van der Waals surface area (Å²) in [7, 11) is 0. The number of pyridine rings is 1. The minimum absolute atomic E-state index is 0.615. The first kappa shape index (κ1) is 11.3. The molecule has 0 aliphatic carbocycles. The molecule has 3 rings (SSSR count). The molecule has 2 nitrogen and oxygen atoms in total. The van der Waals surface area contributed by atoms with Crippen molar-refractivity contribution in [2.24, 2.45) is 0 Å². The zero-order chi connectivity index (χ0) is 12.4. The van der Waals surface area contributed by atoms with Crippen LogP contribution >= 0.6 is 0 Å². The van der Waals surface area contributed by atoms with Gasteiger partial charge in [0, 0.05) is 30.7 Å². The van der Waals surface area contributed by atoms with Crippen LogP contribution in [-0.2, 0) is 12.8 Å². The summed E-state index contributed by atoms with van der Waals surface area (Å²) in [6.45, 7) is 3.40. The van der Waals surface area contributed by atoms with Crippen molar-refractivity contribution in [2.75, 3.05) is 11.4 Å². The molecule has 1 aliphatic rings. The molecule has 0 amide bonds. The Bertz CT molecular complexity index is 522. The molecule has 18 heavy (non-hydrogen) atoms. The lowest BCUT2D eigenvalue weighted by Crippen LogP contribution is -2.31. The topological polar surface area (TPSA) is 16.1 Å². The lowest BCUT2D eigenvalue weighted by molar-refractivity contribution is 0.669. The van der Waals surface area contributed by atoms with E-state index in [-0.39, 0.29) is 0 Å². The van der Waals surface area contributed by atoms with Gasteiger partial charge in [-0.1, -0.05) is 18.2 Å². The van der Waals surface area contributed by atoms with E-state index in [2.05, 4.69) is 53.2 Å². The summed E-state index contributed by atoms with van der Waals surface area (Å²) < 4.78 is 0. The first-order chi connectivity index (χ1) is 8.84. The first-order valence-corrected chi connectivity index (χ1v) is 6.58. The summed E-state index contributed by atoms with van der Waals surface area (Å²) in [5.41, 5.74) is 4.26. The van der Waals surface area contributed by atoms with E-state index in [1.54, 1.807) is 0 Å². The van der Waals surface area contributed by atoms with Crippen LogP contribution in [0.3, 0.4) is 0 Å². The van der Waals surface area contributed by atoms with Crippen LogP contribution in [0.15, 0.2) is 48.8 Å². The van der Waals surface area contributed by atoms with Crippen LogP contribution in [0.1, 0.15) is 18.1 Å². The Labute approximate surface area is 108 Å². The Kier molecular flexibility index (Phi) is 3.01. The van der Waals surface area contributed by atoms with Crippen molar-refractivity contribution in [3.63, 3.8) is 0 Å². The number of rotatable bonds is 3. The Morgan fingerprint density at radius 3 is 2.78 bits per heavy atom. The van der Waals surface area contributed by atoms with Gasteiger partial charge in [0.05, 0.1) is 0 Å². The van der Waals surface area contributed by atoms with Gasteiger partial charge in [0.25, 0.3) is 0 Å². The lowest BCUT2D eigenvalue weighted by Gasteiger charge is -2.24. The molecule has 92 valence electrons. The maximum atomic E-state index is 4.06. The molecule has 1 unspecified atom stereocenters. The van der Waals surface area contributed by atoms with E-state index in [1.807, 2.05) is 12.4 Å². The van der Waals surface area contributed by atoms with E-state index >= 15 is 0 Å². The van der Waals surface area contributed by atoms with Crippen LogP contribution in [0.4, 0.5) is 5.69 Å². The normalized spacial score (nSPS) is 17.8. The predicted octanol–water partition coefficient (Wildman–Crippen LogP) is 3.08. The molecular weight excluding hydrogens is 220 g/mol. The molecule has 1 aromatic heterocycles. The van der Waals surface area contributed by atoms with E-state index in [0.29, 0.717) is 6.04 Å². The number of anilines is 1. The molecular formula is C16H18N2. The summed E-state index contributed by atoms with van der Waals surface area (Å²) in [6.07, 6.45) is 6.00.